The monoisotopic (exact) mass is 410 g/mol. The Kier molecular flexibility index (Phi) is 4.99. The summed E-state index contributed by atoms with van der Waals surface area (Å²) in [5.41, 5.74) is 2.88. The number of fused-ring (bicyclic) bond motifs is 1. The van der Waals surface area contributed by atoms with E-state index in [0.29, 0.717) is 24.7 Å². The van der Waals surface area contributed by atoms with Crippen molar-refractivity contribution in [2.75, 3.05) is 36.5 Å². The van der Waals surface area contributed by atoms with Crippen LogP contribution in [0.25, 0.3) is 5.82 Å². The van der Waals surface area contributed by atoms with E-state index in [1.54, 1.807) is 34.6 Å². The SMILES string of the molecule is O=C(Nc1cnn(-c2ncncc2N2CCOCC2)c1)c1cc2c(s1)CCCC2. The van der Waals surface area contributed by atoms with Gasteiger partial charge >= 0.3 is 0 Å². The third-order valence-corrected chi connectivity index (χ3v) is 6.54. The van der Waals surface area contributed by atoms with Crippen molar-refractivity contribution in [3.63, 3.8) is 0 Å². The zero-order chi connectivity index (χ0) is 19.6. The molecule has 0 radical (unpaired) electrons. The van der Waals surface area contributed by atoms with E-state index in [1.807, 2.05) is 6.07 Å². The Labute approximate surface area is 172 Å². The van der Waals surface area contributed by atoms with Gasteiger partial charge < -0.3 is 15.0 Å². The second kappa shape index (κ2) is 7.92. The molecule has 4 heterocycles. The summed E-state index contributed by atoms with van der Waals surface area (Å²) in [6, 6.07) is 2.04. The van der Waals surface area contributed by atoms with Crippen LogP contribution in [-0.4, -0.2) is 52.0 Å². The van der Waals surface area contributed by atoms with Crippen LogP contribution in [0.4, 0.5) is 11.4 Å². The lowest BCUT2D eigenvalue weighted by molar-refractivity contribution is 0.103. The largest absolute Gasteiger partial charge is 0.378 e. The number of amides is 1. The van der Waals surface area contributed by atoms with Crippen molar-refractivity contribution >= 4 is 28.6 Å². The molecule has 0 atom stereocenters. The molecular formula is C20H22N6O2S. The fraction of sp³-hybridized carbons (Fsp3) is 0.400. The number of anilines is 2. The number of hydrogen-bond donors (Lipinski definition) is 1. The first-order valence-electron chi connectivity index (χ1n) is 9.88. The number of rotatable bonds is 4. The average molecular weight is 411 g/mol. The van der Waals surface area contributed by atoms with Gasteiger partial charge in [-0.05, 0) is 37.3 Å². The Morgan fingerprint density at radius 1 is 1.17 bits per heavy atom. The molecule has 1 fully saturated rings. The van der Waals surface area contributed by atoms with Crippen molar-refractivity contribution in [2.45, 2.75) is 25.7 Å². The highest BCUT2D eigenvalue weighted by Crippen LogP contribution is 2.30. The lowest BCUT2D eigenvalue weighted by Gasteiger charge is -2.29. The molecule has 1 saturated heterocycles. The molecule has 150 valence electrons. The van der Waals surface area contributed by atoms with Crippen LogP contribution in [0.1, 0.15) is 33.0 Å². The number of carbonyl (C=O) groups excluding carboxylic acids is 1. The zero-order valence-corrected chi connectivity index (χ0v) is 16.8. The normalized spacial score (nSPS) is 16.5. The Bertz CT molecular complexity index is 1000. The first kappa shape index (κ1) is 18.3. The maximum Gasteiger partial charge on any atom is 0.265 e. The maximum absolute atomic E-state index is 12.7. The van der Waals surface area contributed by atoms with Crippen LogP contribution in [0.15, 0.2) is 31.0 Å². The second-order valence-corrected chi connectivity index (χ2v) is 8.36. The number of aromatic nitrogens is 4. The number of thiophene rings is 1. The van der Waals surface area contributed by atoms with E-state index < -0.39 is 0 Å². The van der Waals surface area contributed by atoms with Crippen LogP contribution < -0.4 is 10.2 Å². The van der Waals surface area contributed by atoms with Gasteiger partial charge in [0.1, 0.15) is 12.0 Å². The van der Waals surface area contributed by atoms with Crippen molar-refractivity contribution < 1.29 is 9.53 Å². The molecule has 1 aliphatic carbocycles. The van der Waals surface area contributed by atoms with Crippen molar-refractivity contribution in [3.8, 4) is 5.82 Å². The molecular weight excluding hydrogens is 388 g/mol. The minimum absolute atomic E-state index is 0.0833. The number of ether oxygens (including phenoxy) is 1. The molecule has 8 nitrogen and oxygen atoms in total. The fourth-order valence-electron chi connectivity index (χ4n) is 3.82. The molecule has 0 bridgehead atoms. The van der Waals surface area contributed by atoms with Gasteiger partial charge in [0.15, 0.2) is 5.82 Å². The molecule has 3 aromatic rings. The van der Waals surface area contributed by atoms with Gasteiger partial charge in [-0.15, -0.1) is 11.3 Å². The Balaban J connectivity index is 1.35. The predicted molar refractivity (Wildman–Crippen MR) is 111 cm³/mol. The van der Waals surface area contributed by atoms with E-state index in [2.05, 4.69) is 25.3 Å². The molecule has 3 aromatic heterocycles. The number of nitrogens with zero attached hydrogens (tertiary/aromatic N) is 5. The van der Waals surface area contributed by atoms with Crippen LogP contribution in [-0.2, 0) is 17.6 Å². The summed E-state index contributed by atoms with van der Waals surface area (Å²) in [6.45, 7) is 2.93. The smallest absolute Gasteiger partial charge is 0.265 e. The van der Waals surface area contributed by atoms with E-state index in [0.717, 1.165) is 36.5 Å². The number of hydrogen-bond acceptors (Lipinski definition) is 7. The number of morpholine rings is 1. The molecule has 0 saturated carbocycles. The van der Waals surface area contributed by atoms with Gasteiger partial charge in [0, 0.05) is 18.0 Å². The minimum atomic E-state index is -0.0833. The Hall–Kier alpha value is -2.78. The van der Waals surface area contributed by atoms with E-state index >= 15 is 0 Å². The van der Waals surface area contributed by atoms with E-state index in [-0.39, 0.29) is 5.91 Å². The van der Waals surface area contributed by atoms with Crippen molar-refractivity contribution in [3.05, 3.63) is 46.3 Å². The van der Waals surface area contributed by atoms with Gasteiger partial charge in [0.2, 0.25) is 0 Å². The Morgan fingerprint density at radius 3 is 2.90 bits per heavy atom. The summed E-state index contributed by atoms with van der Waals surface area (Å²) < 4.78 is 7.12. The van der Waals surface area contributed by atoms with Crippen LogP contribution in [0.2, 0.25) is 0 Å². The quantitative estimate of drug-likeness (QED) is 0.712. The lowest BCUT2D eigenvalue weighted by atomic mass is 9.99. The van der Waals surface area contributed by atoms with Crippen LogP contribution in [0, 0.1) is 0 Å². The van der Waals surface area contributed by atoms with Gasteiger partial charge in [0.05, 0.1) is 42.4 Å². The van der Waals surface area contributed by atoms with Crippen LogP contribution in [0.5, 0.6) is 0 Å². The second-order valence-electron chi connectivity index (χ2n) is 7.22. The molecule has 0 aromatic carbocycles. The summed E-state index contributed by atoms with van der Waals surface area (Å²) in [5.74, 6) is 0.606. The van der Waals surface area contributed by atoms with E-state index in [1.165, 1.54) is 29.6 Å². The van der Waals surface area contributed by atoms with Gasteiger partial charge in [-0.1, -0.05) is 0 Å². The highest BCUT2D eigenvalue weighted by molar-refractivity contribution is 7.14. The molecule has 29 heavy (non-hydrogen) atoms. The summed E-state index contributed by atoms with van der Waals surface area (Å²) in [6.07, 6.45) is 11.3. The molecule has 0 unspecified atom stereocenters. The lowest BCUT2D eigenvalue weighted by Crippen LogP contribution is -2.37. The van der Waals surface area contributed by atoms with Crippen molar-refractivity contribution in [1.82, 2.24) is 19.7 Å². The molecule has 9 heteroatoms. The van der Waals surface area contributed by atoms with Crippen LogP contribution in [0.3, 0.4) is 0 Å². The van der Waals surface area contributed by atoms with Gasteiger partial charge in [-0.25, -0.2) is 14.6 Å². The van der Waals surface area contributed by atoms with Crippen molar-refractivity contribution in [2.24, 2.45) is 0 Å². The van der Waals surface area contributed by atoms with E-state index in [9.17, 15) is 4.79 Å². The standard InChI is InChI=1S/C20H22N6O2S/c27-20(18-9-14-3-1-2-4-17(14)29-18)24-15-10-23-26(12-15)19-16(11-21-13-22-19)25-5-7-28-8-6-25/h9-13H,1-8H2,(H,24,27). The third kappa shape index (κ3) is 3.75. The number of carbonyl (C=O) groups is 1. The number of nitrogens with one attached hydrogen (secondary N) is 1. The van der Waals surface area contributed by atoms with Gasteiger partial charge in [-0.3, -0.25) is 4.79 Å². The molecule has 1 amide bonds. The summed E-state index contributed by atoms with van der Waals surface area (Å²) >= 11 is 1.61. The highest BCUT2D eigenvalue weighted by Gasteiger charge is 2.20. The zero-order valence-electron chi connectivity index (χ0n) is 16.0. The number of aryl methyl sites for hydroxylation is 2. The molecule has 0 spiro atoms. The fourth-order valence-corrected chi connectivity index (χ4v) is 4.97. The Morgan fingerprint density at radius 2 is 2.03 bits per heavy atom. The summed E-state index contributed by atoms with van der Waals surface area (Å²) in [5, 5.41) is 7.38. The average Bonchev–Trinajstić information content (AvgIpc) is 3.41. The highest BCUT2D eigenvalue weighted by atomic mass is 32.1. The minimum Gasteiger partial charge on any atom is -0.378 e. The van der Waals surface area contributed by atoms with Crippen LogP contribution >= 0.6 is 11.3 Å². The maximum atomic E-state index is 12.7. The first-order valence-corrected chi connectivity index (χ1v) is 10.7. The topological polar surface area (TPSA) is 85.2 Å². The molecule has 2 aliphatic rings. The molecule has 1 aliphatic heterocycles. The molecule has 5 rings (SSSR count). The van der Waals surface area contributed by atoms with Gasteiger partial charge in [-0.2, -0.15) is 5.10 Å². The van der Waals surface area contributed by atoms with E-state index in [4.69, 9.17) is 4.74 Å². The first-order chi connectivity index (χ1) is 14.3. The van der Waals surface area contributed by atoms with Crippen molar-refractivity contribution in [1.29, 1.82) is 0 Å². The summed E-state index contributed by atoms with van der Waals surface area (Å²) in [4.78, 5) is 25.6. The van der Waals surface area contributed by atoms with Gasteiger partial charge in [0.25, 0.3) is 5.91 Å². The third-order valence-electron chi connectivity index (χ3n) is 5.30. The predicted octanol–water partition coefficient (Wildman–Crippen LogP) is 2.69. The molecule has 1 N–H and O–H groups in total. The summed E-state index contributed by atoms with van der Waals surface area (Å²) in [7, 11) is 0.